The van der Waals surface area contributed by atoms with Crippen LogP contribution in [0.5, 0.6) is 0 Å². The maximum absolute atomic E-state index is 3.27. The molecule has 0 aromatic rings. The third-order valence-electron chi connectivity index (χ3n) is 2.31. The Labute approximate surface area is 51.5 Å². The summed E-state index contributed by atoms with van der Waals surface area (Å²) in [5.41, 5.74) is 0. The lowest BCUT2D eigenvalue weighted by Gasteiger charge is -2.30. The van der Waals surface area contributed by atoms with Crippen molar-refractivity contribution in [1.29, 1.82) is 0 Å². The van der Waals surface area contributed by atoms with Gasteiger partial charge in [-0.1, -0.05) is 6.42 Å². The topological polar surface area (TPSA) is 12.0 Å². The molecule has 1 fully saturated rings. The summed E-state index contributed by atoms with van der Waals surface area (Å²) < 4.78 is 0. The van der Waals surface area contributed by atoms with Gasteiger partial charge < -0.3 is 5.32 Å². The third kappa shape index (κ3) is 1.03. The van der Waals surface area contributed by atoms with Crippen molar-refractivity contribution >= 4 is 0 Å². The van der Waals surface area contributed by atoms with Gasteiger partial charge in [-0.3, -0.25) is 0 Å². The van der Waals surface area contributed by atoms with Gasteiger partial charge in [-0.15, -0.1) is 0 Å². The van der Waals surface area contributed by atoms with Gasteiger partial charge in [0, 0.05) is 6.04 Å². The van der Waals surface area contributed by atoms with E-state index in [0.717, 1.165) is 12.0 Å². The first kappa shape index (κ1) is 6.09. The lowest BCUT2D eigenvalue weighted by atomic mass is 9.80. The molecule has 8 heavy (non-hydrogen) atoms. The van der Waals surface area contributed by atoms with Crippen LogP contribution in [0.2, 0.25) is 0 Å². The van der Waals surface area contributed by atoms with Crippen molar-refractivity contribution in [2.24, 2.45) is 5.92 Å². The molecule has 0 aliphatic heterocycles. The number of hydrogen-bond donors (Lipinski definition) is 1. The fourth-order valence-electron chi connectivity index (χ4n) is 1.18. The highest BCUT2D eigenvalue weighted by Gasteiger charge is 2.21. The zero-order chi connectivity index (χ0) is 5.98. The Hall–Kier alpha value is -0.0400. The van der Waals surface area contributed by atoms with E-state index in [1.165, 1.54) is 19.3 Å². The quantitative estimate of drug-likeness (QED) is 0.570. The minimum atomic E-state index is 0.753. The fourth-order valence-corrected chi connectivity index (χ4v) is 1.18. The molecule has 0 amide bonds. The monoisotopic (exact) mass is 113 g/mol. The summed E-state index contributed by atoms with van der Waals surface area (Å²) in [6.07, 6.45) is 4.35. The second-order valence-electron chi connectivity index (χ2n) is 2.77. The molecule has 1 heteroatoms. The van der Waals surface area contributed by atoms with Crippen molar-refractivity contribution in [3.63, 3.8) is 0 Å². The highest BCUT2D eigenvalue weighted by molar-refractivity contribution is 4.77. The molecule has 1 aliphatic rings. The highest BCUT2D eigenvalue weighted by atomic mass is 14.9. The molecule has 0 heterocycles. The Morgan fingerprint density at radius 1 is 1.50 bits per heavy atom. The molecule has 0 unspecified atom stereocenters. The standard InChI is InChI=1S/C7H15N/c1-6(8-2)7-4-3-5-7/h6-8H,3-5H2,1-2H3/t6-/m1/s1. The number of nitrogens with one attached hydrogen (secondary N) is 1. The van der Waals surface area contributed by atoms with E-state index in [0.29, 0.717) is 0 Å². The normalized spacial score (nSPS) is 24.8. The largest absolute Gasteiger partial charge is 0.317 e. The molecule has 0 bridgehead atoms. The molecule has 0 spiro atoms. The number of rotatable bonds is 2. The molecule has 1 aliphatic carbocycles. The Morgan fingerprint density at radius 3 is 2.25 bits per heavy atom. The van der Waals surface area contributed by atoms with Crippen molar-refractivity contribution in [2.75, 3.05) is 7.05 Å². The second-order valence-corrected chi connectivity index (χ2v) is 2.77. The van der Waals surface area contributed by atoms with Crippen LogP contribution in [0, 0.1) is 5.92 Å². The fraction of sp³-hybridized carbons (Fsp3) is 1.00. The summed E-state index contributed by atoms with van der Waals surface area (Å²) in [7, 11) is 2.04. The molecular formula is C7H15N. The van der Waals surface area contributed by atoms with Crippen LogP contribution < -0.4 is 5.32 Å². The van der Waals surface area contributed by atoms with Gasteiger partial charge in [0.2, 0.25) is 0 Å². The first-order valence-electron chi connectivity index (χ1n) is 3.52. The summed E-state index contributed by atoms with van der Waals surface area (Å²) >= 11 is 0. The van der Waals surface area contributed by atoms with Crippen molar-refractivity contribution in [3.8, 4) is 0 Å². The Bertz CT molecular complexity index is 64.0. The van der Waals surface area contributed by atoms with E-state index < -0.39 is 0 Å². The van der Waals surface area contributed by atoms with Crippen LogP contribution in [0.15, 0.2) is 0 Å². The van der Waals surface area contributed by atoms with Gasteiger partial charge in [-0.2, -0.15) is 0 Å². The molecule has 1 N–H and O–H groups in total. The molecule has 1 atom stereocenters. The molecule has 0 saturated heterocycles. The summed E-state index contributed by atoms with van der Waals surface area (Å²) in [6.45, 7) is 2.27. The average molecular weight is 113 g/mol. The molecule has 1 saturated carbocycles. The smallest absolute Gasteiger partial charge is 0.00639 e. The summed E-state index contributed by atoms with van der Waals surface area (Å²) in [5, 5.41) is 3.27. The SMILES string of the molecule is CN[C@H](C)C1CCC1. The minimum Gasteiger partial charge on any atom is -0.317 e. The number of hydrogen-bond acceptors (Lipinski definition) is 1. The van der Waals surface area contributed by atoms with Gasteiger partial charge in [0.05, 0.1) is 0 Å². The van der Waals surface area contributed by atoms with Gasteiger partial charge in [-0.25, -0.2) is 0 Å². The van der Waals surface area contributed by atoms with E-state index in [1.807, 2.05) is 7.05 Å². The molecule has 1 nitrogen and oxygen atoms in total. The molecular weight excluding hydrogens is 98.1 g/mol. The van der Waals surface area contributed by atoms with Crippen molar-refractivity contribution < 1.29 is 0 Å². The van der Waals surface area contributed by atoms with E-state index in [1.54, 1.807) is 0 Å². The minimum absolute atomic E-state index is 0.753. The summed E-state index contributed by atoms with van der Waals surface area (Å²) in [4.78, 5) is 0. The van der Waals surface area contributed by atoms with E-state index in [2.05, 4.69) is 12.2 Å². The van der Waals surface area contributed by atoms with Gasteiger partial charge in [0.1, 0.15) is 0 Å². The van der Waals surface area contributed by atoms with Crippen molar-refractivity contribution in [1.82, 2.24) is 5.32 Å². The van der Waals surface area contributed by atoms with Crippen LogP contribution in [0.25, 0.3) is 0 Å². The van der Waals surface area contributed by atoms with E-state index >= 15 is 0 Å². The molecule has 1 rings (SSSR count). The van der Waals surface area contributed by atoms with Gasteiger partial charge in [-0.05, 0) is 32.7 Å². The molecule has 0 radical (unpaired) electrons. The lowest BCUT2D eigenvalue weighted by molar-refractivity contribution is 0.249. The van der Waals surface area contributed by atoms with E-state index in [9.17, 15) is 0 Å². The Morgan fingerprint density at radius 2 is 2.12 bits per heavy atom. The second kappa shape index (κ2) is 2.49. The van der Waals surface area contributed by atoms with Gasteiger partial charge >= 0.3 is 0 Å². The van der Waals surface area contributed by atoms with Gasteiger partial charge in [0.25, 0.3) is 0 Å². The molecule has 48 valence electrons. The van der Waals surface area contributed by atoms with Crippen LogP contribution in [0.3, 0.4) is 0 Å². The first-order valence-corrected chi connectivity index (χ1v) is 3.52. The highest BCUT2D eigenvalue weighted by Crippen LogP contribution is 2.28. The van der Waals surface area contributed by atoms with E-state index in [4.69, 9.17) is 0 Å². The van der Waals surface area contributed by atoms with Gasteiger partial charge in [0.15, 0.2) is 0 Å². The average Bonchev–Trinajstić information content (AvgIpc) is 1.62. The predicted molar refractivity (Wildman–Crippen MR) is 35.9 cm³/mol. The first-order chi connectivity index (χ1) is 3.84. The van der Waals surface area contributed by atoms with Crippen LogP contribution in [0.4, 0.5) is 0 Å². The van der Waals surface area contributed by atoms with Crippen LogP contribution in [-0.2, 0) is 0 Å². The van der Waals surface area contributed by atoms with Crippen LogP contribution in [0.1, 0.15) is 26.2 Å². The summed E-state index contributed by atoms with van der Waals surface area (Å²) in [6, 6.07) is 0.753. The van der Waals surface area contributed by atoms with Crippen LogP contribution in [-0.4, -0.2) is 13.1 Å². The molecule has 0 aromatic heterocycles. The van der Waals surface area contributed by atoms with Crippen LogP contribution >= 0.6 is 0 Å². The van der Waals surface area contributed by atoms with Crippen molar-refractivity contribution in [2.45, 2.75) is 32.2 Å². The third-order valence-corrected chi connectivity index (χ3v) is 2.31. The maximum atomic E-state index is 3.27. The Kier molecular flexibility index (Phi) is 1.90. The van der Waals surface area contributed by atoms with Crippen molar-refractivity contribution in [3.05, 3.63) is 0 Å². The van der Waals surface area contributed by atoms with E-state index in [-0.39, 0.29) is 0 Å². The Balaban J connectivity index is 2.13. The zero-order valence-corrected chi connectivity index (χ0v) is 5.78. The maximum Gasteiger partial charge on any atom is 0.00639 e. The lowest BCUT2D eigenvalue weighted by Crippen LogP contribution is -2.34. The summed E-state index contributed by atoms with van der Waals surface area (Å²) in [5.74, 6) is 0.986. The predicted octanol–water partition coefficient (Wildman–Crippen LogP) is 1.39. The molecule has 0 aromatic carbocycles. The zero-order valence-electron chi connectivity index (χ0n) is 5.78.